The topological polar surface area (TPSA) is 37.3 Å². The van der Waals surface area contributed by atoms with Crippen molar-refractivity contribution in [1.29, 1.82) is 0 Å². The van der Waals surface area contributed by atoms with Crippen LogP contribution < -0.4 is 0 Å². The second kappa shape index (κ2) is 14.0. The fourth-order valence-electron chi connectivity index (χ4n) is 2.37. The molecule has 1 N–H and O–H groups in total. The largest absolute Gasteiger partial charge is 0.393 e. The molecule has 0 rings (SSSR count). The number of unbranched alkanes of at least 4 members (excludes halogenated alkanes) is 8. The lowest BCUT2D eigenvalue weighted by atomic mass is 10.0. The highest BCUT2D eigenvalue weighted by Gasteiger charge is 2.02. The van der Waals surface area contributed by atoms with E-state index in [4.69, 9.17) is 0 Å². The maximum atomic E-state index is 10.0. The second-order valence-corrected chi connectivity index (χ2v) is 6.16. The van der Waals surface area contributed by atoms with Gasteiger partial charge in [0, 0.05) is 6.42 Å². The highest BCUT2D eigenvalue weighted by Crippen LogP contribution is 2.14. The summed E-state index contributed by atoms with van der Waals surface area (Å²) in [4.78, 5) is 10.0. The van der Waals surface area contributed by atoms with Crippen molar-refractivity contribution in [2.45, 2.75) is 97.0 Å². The average molecular weight is 269 g/mol. The van der Waals surface area contributed by atoms with Crippen LogP contribution in [0.15, 0.2) is 0 Å². The number of carbonyl (C=O) groups excluding carboxylic acids is 1. The van der Waals surface area contributed by atoms with Gasteiger partial charge in [-0.15, -0.1) is 0 Å². The quantitative estimate of drug-likeness (QED) is 0.460. The minimum Gasteiger partial charge on any atom is -0.393 e. The van der Waals surface area contributed by atoms with Crippen LogP contribution >= 0.6 is 0 Å². The van der Waals surface area contributed by atoms with Crippen LogP contribution in [0.5, 0.6) is 0 Å². The van der Waals surface area contributed by atoms with Gasteiger partial charge in [0.1, 0.15) is 0 Å². The molecule has 0 aromatic rings. The number of hydrogen-bond donors (Lipinski definition) is 1. The summed E-state index contributed by atoms with van der Waals surface area (Å²) in [6.45, 7) is 4.59. The van der Waals surface area contributed by atoms with E-state index in [1.807, 2.05) is 0 Å². The average Bonchev–Trinajstić information content (AvgIpc) is 2.36. The number of hydrogen-bond acceptors (Lipinski definition) is 2. The Morgan fingerprint density at radius 3 is 1.63 bits per heavy atom. The molecule has 2 nitrogen and oxygen atoms in total. The lowest BCUT2D eigenvalue weighted by Crippen LogP contribution is -2.06. The molecule has 1 atom stereocenters. The van der Waals surface area contributed by atoms with E-state index in [-0.39, 0.29) is 6.42 Å². The summed E-state index contributed by atoms with van der Waals surface area (Å²) in [5.41, 5.74) is 0. The van der Waals surface area contributed by atoms with Gasteiger partial charge in [0.25, 0.3) is 0 Å². The van der Waals surface area contributed by atoms with Crippen molar-refractivity contribution >= 4 is 6.29 Å². The van der Waals surface area contributed by atoms with Crippen molar-refractivity contribution in [3.8, 4) is 0 Å². The molecule has 0 aliphatic rings. The van der Waals surface area contributed by atoms with Crippen molar-refractivity contribution < 1.29 is 9.90 Å². The lowest BCUT2D eigenvalue weighted by Gasteiger charge is -2.06. The van der Waals surface area contributed by atoms with Crippen LogP contribution in [0.4, 0.5) is 0 Å². The van der Waals surface area contributed by atoms with Gasteiger partial charge in [-0.2, -0.15) is 0 Å². The third-order valence-corrected chi connectivity index (χ3v) is 3.64. The van der Waals surface area contributed by atoms with Gasteiger partial charge in [-0.25, -0.2) is 0 Å². The van der Waals surface area contributed by atoms with Crippen LogP contribution in [0.2, 0.25) is 0 Å². The first-order valence-corrected chi connectivity index (χ1v) is 8.20. The van der Waals surface area contributed by atoms with Crippen molar-refractivity contribution in [2.24, 2.45) is 5.92 Å². The SMILES string of the molecule is CC(C)CCCCCCCCCCCC(O)C[C]=O. The van der Waals surface area contributed by atoms with Gasteiger partial charge in [-0.05, 0) is 12.3 Å². The van der Waals surface area contributed by atoms with Crippen LogP contribution in [0, 0.1) is 5.92 Å². The smallest absolute Gasteiger partial charge is 0.201 e. The van der Waals surface area contributed by atoms with Gasteiger partial charge in [0.15, 0.2) is 0 Å². The van der Waals surface area contributed by atoms with Crippen LogP contribution in [-0.4, -0.2) is 17.5 Å². The summed E-state index contributed by atoms with van der Waals surface area (Å²) in [6, 6.07) is 0. The summed E-state index contributed by atoms with van der Waals surface area (Å²) in [5, 5.41) is 9.35. The third kappa shape index (κ3) is 15.6. The Hall–Kier alpha value is -0.370. The maximum Gasteiger partial charge on any atom is 0.201 e. The Morgan fingerprint density at radius 1 is 0.789 bits per heavy atom. The van der Waals surface area contributed by atoms with E-state index in [2.05, 4.69) is 13.8 Å². The summed E-state index contributed by atoms with van der Waals surface area (Å²) in [5.74, 6) is 0.854. The molecule has 1 unspecified atom stereocenters. The summed E-state index contributed by atoms with van der Waals surface area (Å²) in [6.07, 6.45) is 15.3. The van der Waals surface area contributed by atoms with Crippen LogP contribution in [0.3, 0.4) is 0 Å². The maximum absolute atomic E-state index is 10.0. The van der Waals surface area contributed by atoms with Gasteiger partial charge in [0.2, 0.25) is 6.29 Å². The molecule has 0 aliphatic heterocycles. The Balaban J connectivity index is 3.04. The molecule has 0 saturated carbocycles. The Morgan fingerprint density at radius 2 is 1.21 bits per heavy atom. The predicted octanol–water partition coefficient (Wildman–Crippen LogP) is 4.79. The minimum absolute atomic E-state index is 0.177. The predicted molar refractivity (Wildman–Crippen MR) is 81.9 cm³/mol. The second-order valence-electron chi connectivity index (χ2n) is 6.16. The van der Waals surface area contributed by atoms with Gasteiger partial charge >= 0.3 is 0 Å². The molecule has 113 valence electrons. The van der Waals surface area contributed by atoms with E-state index in [1.54, 1.807) is 6.29 Å². The van der Waals surface area contributed by atoms with E-state index in [0.717, 1.165) is 18.8 Å². The molecule has 19 heavy (non-hydrogen) atoms. The molecular formula is C17H33O2. The molecule has 0 aliphatic carbocycles. The van der Waals surface area contributed by atoms with Gasteiger partial charge < -0.3 is 5.11 Å². The number of aliphatic hydroxyl groups excluding tert-OH is 1. The monoisotopic (exact) mass is 269 g/mol. The minimum atomic E-state index is -0.460. The molecule has 0 aromatic carbocycles. The van der Waals surface area contributed by atoms with E-state index in [1.165, 1.54) is 57.8 Å². The van der Waals surface area contributed by atoms with Gasteiger partial charge in [-0.1, -0.05) is 78.1 Å². The first kappa shape index (κ1) is 18.6. The molecule has 0 heterocycles. The zero-order chi connectivity index (χ0) is 14.3. The normalized spacial score (nSPS) is 12.8. The van der Waals surface area contributed by atoms with Crippen LogP contribution in [0.1, 0.15) is 90.9 Å². The highest BCUT2D eigenvalue weighted by molar-refractivity contribution is 5.51. The molecule has 0 amide bonds. The molecule has 0 fully saturated rings. The van der Waals surface area contributed by atoms with E-state index < -0.39 is 6.10 Å². The molecule has 0 bridgehead atoms. The Kier molecular flexibility index (Phi) is 13.8. The Bertz CT molecular complexity index is 190. The molecule has 0 saturated heterocycles. The van der Waals surface area contributed by atoms with Gasteiger partial charge in [0.05, 0.1) is 6.10 Å². The molecule has 0 spiro atoms. The van der Waals surface area contributed by atoms with E-state index in [0.29, 0.717) is 0 Å². The highest BCUT2D eigenvalue weighted by atomic mass is 16.3. The first-order valence-electron chi connectivity index (χ1n) is 8.20. The number of aliphatic hydroxyl groups is 1. The lowest BCUT2D eigenvalue weighted by molar-refractivity contribution is 0.167. The molecule has 1 radical (unpaired) electrons. The summed E-state index contributed by atoms with van der Waals surface area (Å²) in [7, 11) is 0. The van der Waals surface area contributed by atoms with Crippen molar-refractivity contribution in [3.05, 3.63) is 0 Å². The standard InChI is InChI=1S/C17H33O2/c1-16(2)12-10-8-6-4-3-5-7-9-11-13-17(19)14-15-18/h16-17,19H,3-14H2,1-2H3. The molecular weight excluding hydrogens is 236 g/mol. The Labute approximate surface area is 120 Å². The van der Waals surface area contributed by atoms with Gasteiger partial charge in [-0.3, -0.25) is 4.79 Å². The summed E-state index contributed by atoms with van der Waals surface area (Å²) >= 11 is 0. The fraction of sp³-hybridized carbons (Fsp3) is 0.941. The van der Waals surface area contributed by atoms with Crippen LogP contribution in [0.25, 0.3) is 0 Å². The third-order valence-electron chi connectivity index (χ3n) is 3.64. The van der Waals surface area contributed by atoms with Crippen molar-refractivity contribution in [3.63, 3.8) is 0 Å². The van der Waals surface area contributed by atoms with Crippen molar-refractivity contribution in [2.75, 3.05) is 0 Å². The van der Waals surface area contributed by atoms with E-state index in [9.17, 15) is 9.90 Å². The van der Waals surface area contributed by atoms with Crippen LogP contribution in [-0.2, 0) is 4.79 Å². The van der Waals surface area contributed by atoms with Crippen molar-refractivity contribution in [1.82, 2.24) is 0 Å². The zero-order valence-corrected chi connectivity index (χ0v) is 13.0. The molecule has 2 heteroatoms. The fourth-order valence-corrected chi connectivity index (χ4v) is 2.37. The summed E-state index contributed by atoms with van der Waals surface area (Å²) < 4.78 is 0. The zero-order valence-electron chi connectivity index (χ0n) is 13.0. The van der Waals surface area contributed by atoms with E-state index >= 15 is 0 Å². The number of rotatable bonds is 14. The first-order chi connectivity index (χ1) is 9.16. The molecule has 0 aromatic heterocycles.